The third kappa shape index (κ3) is 5.13. The molecule has 17 heavy (non-hydrogen) atoms. The van der Waals surface area contributed by atoms with Crippen LogP contribution >= 0.6 is 11.8 Å². The van der Waals surface area contributed by atoms with Crippen LogP contribution in [0, 0.1) is 12.8 Å². The number of aliphatic hydroxyl groups excluding tert-OH is 1. The Kier molecular flexibility index (Phi) is 6.06. The lowest BCUT2D eigenvalue weighted by molar-refractivity contribution is 0.197. The van der Waals surface area contributed by atoms with Crippen molar-refractivity contribution in [3.8, 4) is 0 Å². The van der Waals surface area contributed by atoms with E-state index in [0.29, 0.717) is 12.3 Å². The van der Waals surface area contributed by atoms with Gasteiger partial charge in [-0.1, -0.05) is 13.8 Å². The van der Waals surface area contributed by atoms with Crippen LogP contribution < -0.4 is 0 Å². The van der Waals surface area contributed by atoms with E-state index >= 15 is 0 Å². The molecule has 4 heteroatoms. The van der Waals surface area contributed by atoms with Gasteiger partial charge < -0.3 is 5.11 Å². The molecule has 0 aliphatic heterocycles. The van der Waals surface area contributed by atoms with Gasteiger partial charge in [-0.15, -0.1) is 0 Å². The van der Waals surface area contributed by atoms with Gasteiger partial charge >= 0.3 is 0 Å². The van der Waals surface area contributed by atoms with Crippen molar-refractivity contribution in [2.24, 2.45) is 5.92 Å². The molecule has 1 atom stereocenters. The van der Waals surface area contributed by atoms with E-state index in [9.17, 15) is 5.11 Å². The standard InChI is InChI=1S/C13H24N2OS/c1-5-15-12(6-11(4)14-15)7-13(16)9-17-8-10(2)3/h6,10,13,16H,5,7-9H2,1-4H3. The van der Waals surface area contributed by atoms with Crippen LogP contribution in [0.3, 0.4) is 0 Å². The summed E-state index contributed by atoms with van der Waals surface area (Å²) in [6.07, 6.45) is 0.444. The highest BCUT2D eigenvalue weighted by Crippen LogP contribution is 2.13. The Hall–Kier alpha value is -0.480. The van der Waals surface area contributed by atoms with E-state index in [2.05, 4.69) is 31.9 Å². The Balaban J connectivity index is 2.41. The summed E-state index contributed by atoms with van der Waals surface area (Å²) in [7, 11) is 0. The Bertz CT molecular complexity index is 336. The zero-order valence-electron chi connectivity index (χ0n) is 11.3. The molecule has 0 fully saturated rings. The van der Waals surface area contributed by atoms with Crippen molar-refractivity contribution >= 4 is 11.8 Å². The smallest absolute Gasteiger partial charge is 0.0685 e. The molecule has 0 amide bonds. The number of aromatic nitrogens is 2. The maximum atomic E-state index is 9.98. The molecule has 1 unspecified atom stereocenters. The van der Waals surface area contributed by atoms with Gasteiger partial charge in [0.15, 0.2) is 0 Å². The first-order valence-electron chi connectivity index (χ1n) is 6.32. The summed E-state index contributed by atoms with van der Waals surface area (Å²) in [6, 6.07) is 2.07. The maximum Gasteiger partial charge on any atom is 0.0685 e. The van der Waals surface area contributed by atoms with Crippen LogP contribution in [0.5, 0.6) is 0 Å². The molecule has 0 saturated carbocycles. The van der Waals surface area contributed by atoms with Crippen molar-refractivity contribution in [1.29, 1.82) is 0 Å². The quantitative estimate of drug-likeness (QED) is 0.814. The minimum atomic E-state index is -0.264. The maximum absolute atomic E-state index is 9.98. The molecule has 1 aromatic heterocycles. The van der Waals surface area contributed by atoms with Crippen molar-refractivity contribution in [1.82, 2.24) is 9.78 Å². The molecule has 0 aliphatic rings. The lowest BCUT2D eigenvalue weighted by Crippen LogP contribution is -2.17. The van der Waals surface area contributed by atoms with E-state index in [1.54, 1.807) is 0 Å². The van der Waals surface area contributed by atoms with E-state index in [0.717, 1.165) is 29.4 Å². The second-order valence-corrected chi connectivity index (χ2v) is 5.96. The van der Waals surface area contributed by atoms with E-state index in [-0.39, 0.29) is 6.10 Å². The molecule has 1 aromatic rings. The van der Waals surface area contributed by atoms with Crippen molar-refractivity contribution in [3.05, 3.63) is 17.5 Å². The molecule has 1 rings (SSSR count). The van der Waals surface area contributed by atoms with Gasteiger partial charge in [-0.2, -0.15) is 16.9 Å². The molecule has 1 N–H and O–H groups in total. The van der Waals surface area contributed by atoms with Crippen molar-refractivity contribution < 1.29 is 5.11 Å². The first-order chi connectivity index (χ1) is 8.02. The van der Waals surface area contributed by atoms with Crippen LogP contribution in [-0.2, 0) is 13.0 Å². The van der Waals surface area contributed by atoms with Crippen LogP contribution in [0.1, 0.15) is 32.2 Å². The summed E-state index contributed by atoms with van der Waals surface area (Å²) in [5.74, 6) is 2.62. The van der Waals surface area contributed by atoms with Crippen LogP contribution in [0.25, 0.3) is 0 Å². The fourth-order valence-electron chi connectivity index (χ4n) is 1.78. The minimum absolute atomic E-state index is 0.264. The Morgan fingerprint density at radius 3 is 2.71 bits per heavy atom. The number of aryl methyl sites for hydroxylation is 2. The van der Waals surface area contributed by atoms with E-state index in [1.807, 2.05) is 23.4 Å². The van der Waals surface area contributed by atoms with Crippen LogP contribution in [0.4, 0.5) is 0 Å². The average molecular weight is 256 g/mol. The number of nitrogens with zero attached hydrogens (tertiary/aromatic N) is 2. The molecule has 0 radical (unpaired) electrons. The molecule has 0 spiro atoms. The summed E-state index contributed by atoms with van der Waals surface area (Å²) in [5.41, 5.74) is 2.17. The average Bonchev–Trinajstić information content (AvgIpc) is 2.58. The first kappa shape index (κ1) is 14.6. The van der Waals surface area contributed by atoms with Crippen molar-refractivity contribution in [2.45, 2.75) is 46.8 Å². The zero-order valence-corrected chi connectivity index (χ0v) is 12.1. The van der Waals surface area contributed by atoms with E-state index in [1.165, 1.54) is 0 Å². The molecule has 0 aromatic carbocycles. The summed E-state index contributed by atoms with van der Waals surface area (Å²) >= 11 is 1.83. The number of aliphatic hydroxyl groups is 1. The second-order valence-electron chi connectivity index (χ2n) is 4.88. The first-order valence-corrected chi connectivity index (χ1v) is 7.47. The largest absolute Gasteiger partial charge is 0.392 e. The highest BCUT2D eigenvalue weighted by atomic mass is 32.2. The zero-order chi connectivity index (χ0) is 12.8. The molecule has 0 bridgehead atoms. The molecular formula is C13H24N2OS. The number of hydrogen-bond acceptors (Lipinski definition) is 3. The summed E-state index contributed by atoms with van der Waals surface area (Å²) in [6.45, 7) is 9.35. The third-order valence-electron chi connectivity index (χ3n) is 2.49. The summed E-state index contributed by atoms with van der Waals surface area (Å²) in [5, 5.41) is 14.4. The van der Waals surface area contributed by atoms with Gasteiger partial charge in [-0.05, 0) is 31.6 Å². The molecule has 0 aliphatic carbocycles. The highest BCUT2D eigenvalue weighted by molar-refractivity contribution is 7.99. The highest BCUT2D eigenvalue weighted by Gasteiger charge is 2.11. The SMILES string of the molecule is CCn1nc(C)cc1CC(O)CSCC(C)C. The Morgan fingerprint density at radius 1 is 1.41 bits per heavy atom. The second kappa shape index (κ2) is 7.07. The lowest BCUT2D eigenvalue weighted by atomic mass is 10.2. The molecule has 0 saturated heterocycles. The molecule has 3 nitrogen and oxygen atoms in total. The number of rotatable bonds is 7. The minimum Gasteiger partial charge on any atom is -0.392 e. The molecular weight excluding hydrogens is 232 g/mol. The van der Waals surface area contributed by atoms with Gasteiger partial charge in [0.1, 0.15) is 0 Å². The Labute approximate surface area is 109 Å². The Morgan fingerprint density at radius 2 is 2.12 bits per heavy atom. The normalized spacial score (nSPS) is 13.3. The van der Waals surface area contributed by atoms with Crippen molar-refractivity contribution in [3.63, 3.8) is 0 Å². The number of hydrogen-bond donors (Lipinski definition) is 1. The van der Waals surface area contributed by atoms with Gasteiger partial charge in [0, 0.05) is 24.4 Å². The summed E-state index contributed by atoms with van der Waals surface area (Å²) < 4.78 is 1.98. The van der Waals surface area contributed by atoms with Crippen molar-refractivity contribution in [2.75, 3.05) is 11.5 Å². The molecule has 1 heterocycles. The van der Waals surface area contributed by atoms with E-state index < -0.39 is 0 Å². The lowest BCUT2D eigenvalue weighted by Gasteiger charge is -2.12. The fraction of sp³-hybridized carbons (Fsp3) is 0.769. The van der Waals surface area contributed by atoms with E-state index in [4.69, 9.17) is 0 Å². The predicted octanol–water partition coefficient (Wildman–Crippen LogP) is 2.50. The topological polar surface area (TPSA) is 38.0 Å². The van der Waals surface area contributed by atoms with Gasteiger partial charge in [0.25, 0.3) is 0 Å². The monoisotopic (exact) mass is 256 g/mol. The fourth-order valence-corrected chi connectivity index (χ4v) is 2.77. The van der Waals surface area contributed by atoms with Gasteiger partial charge in [0.05, 0.1) is 11.8 Å². The third-order valence-corrected chi connectivity index (χ3v) is 4.01. The molecule has 98 valence electrons. The van der Waals surface area contributed by atoms with Crippen LogP contribution in [0.2, 0.25) is 0 Å². The van der Waals surface area contributed by atoms with Gasteiger partial charge in [-0.25, -0.2) is 0 Å². The number of thioether (sulfide) groups is 1. The van der Waals surface area contributed by atoms with Gasteiger partial charge in [0.2, 0.25) is 0 Å². The van der Waals surface area contributed by atoms with Gasteiger partial charge in [-0.3, -0.25) is 4.68 Å². The van der Waals surface area contributed by atoms with Crippen LogP contribution in [-0.4, -0.2) is 32.5 Å². The predicted molar refractivity (Wildman–Crippen MR) is 74.5 cm³/mol. The summed E-state index contributed by atoms with van der Waals surface area (Å²) in [4.78, 5) is 0. The van der Waals surface area contributed by atoms with Crippen LogP contribution in [0.15, 0.2) is 6.07 Å².